The first-order chi connectivity index (χ1) is 9.23. The number of carbonyl (C=O) groups is 1. The van der Waals surface area contributed by atoms with E-state index < -0.39 is 0 Å². The van der Waals surface area contributed by atoms with Crippen molar-refractivity contribution in [2.75, 3.05) is 5.43 Å². The predicted molar refractivity (Wildman–Crippen MR) is 80.5 cm³/mol. The van der Waals surface area contributed by atoms with Gasteiger partial charge < -0.3 is 10.7 Å². The van der Waals surface area contributed by atoms with E-state index in [-0.39, 0.29) is 16.9 Å². The van der Waals surface area contributed by atoms with Crippen LogP contribution in [0.2, 0.25) is 0 Å². The summed E-state index contributed by atoms with van der Waals surface area (Å²) >= 11 is 0. The number of pyridine rings is 1. The molecule has 1 fully saturated rings. The van der Waals surface area contributed by atoms with Gasteiger partial charge in [-0.05, 0) is 38.3 Å². The molecule has 0 aromatic carbocycles. The number of hydrazine groups is 1. The second-order valence-electron chi connectivity index (χ2n) is 6.89. The Kier molecular flexibility index (Phi) is 3.73. The highest BCUT2D eigenvalue weighted by atomic mass is 16.1. The number of aromatic nitrogens is 1. The average Bonchev–Trinajstić information content (AvgIpc) is 2.35. The molecule has 1 aromatic heterocycles. The topological polar surface area (TPSA) is 80.0 Å². The summed E-state index contributed by atoms with van der Waals surface area (Å²) in [6.45, 7) is 8.27. The second kappa shape index (κ2) is 5.05. The Morgan fingerprint density at radius 3 is 2.45 bits per heavy atom. The maximum absolute atomic E-state index is 12.4. The lowest BCUT2D eigenvalue weighted by Gasteiger charge is -2.39. The van der Waals surface area contributed by atoms with E-state index in [0.29, 0.717) is 11.4 Å². The van der Waals surface area contributed by atoms with Crippen LogP contribution in [0.25, 0.3) is 0 Å². The predicted octanol–water partition coefficient (Wildman–Crippen LogP) is 2.34. The van der Waals surface area contributed by atoms with Gasteiger partial charge in [-0.25, -0.2) is 10.8 Å². The van der Waals surface area contributed by atoms with Crippen LogP contribution in [0.3, 0.4) is 0 Å². The fourth-order valence-corrected chi connectivity index (χ4v) is 2.30. The summed E-state index contributed by atoms with van der Waals surface area (Å²) in [6.07, 6.45) is 3.26. The van der Waals surface area contributed by atoms with E-state index in [1.807, 2.05) is 6.07 Å². The van der Waals surface area contributed by atoms with Crippen LogP contribution in [0.1, 0.15) is 63.0 Å². The van der Waals surface area contributed by atoms with E-state index in [1.165, 1.54) is 6.42 Å². The van der Waals surface area contributed by atoms with E-state index in [4.69, 9.17) is 5.84 Å². The van der Waals surface area contributed by atoms with Gasteiger partial charge in [-0.2, -0.15) is 0 Å². The Labute approximate surface area is 120 Å². The molecule has 0 bridgehead atoms. The van der Waals surface area contributed by atoms with E-state index in [9.17, 15) is 4.79 Å². The second-order valence-corrected chi connectivity index (χ2v) is 6.89. The molecule has 0 radical (unpaired) electrons. The van der Waals surface area contributed by atoms with Crippen LogP contribution in [-0.4, -0.2) is 16.4 Å². The summed E-state index contributed by atoms with van der Waals surface area (Å²) in [7, 11) is 0. The van der Waals surface area contributed by atoms with Gasteiger partial charge in [0.25, 0.3) is 5.91 Å². The number of amides is 1. The minimum absolute atomic E-state index is 0.0570. The Hall–Kier alpha value is -1.62. The van der Waals surface area contributed by atoms with E-state index >= 15 is 0 Å². The minimum Gasteiger partial charge on any atom is -0.347 e. The normalized spacial score (nSPS) is 17.2. The highest BCUT2D eigenvalue weighted by Crippen LogP contribution is 2.31. The van der Waals surface area contributed by atoms with Gasteiger partial charge in [0.2, 0.25) is 0 Å². The van der Waals surface area contributed by atoms with E-state index in [1.54, 1.807) is 6.07 Å². The molecular formula is C15H24N4O. The van der Waals surface area contributed by atoms with Crippen LogP contribution >= 0.6 is 0 Å². The molecule has 1 amide bonds. The van der Waals surface area contributed by atoms with Gasteiger partial charge in [-0.3, -0.25) is 4.79 Å². The number of nitrogens with zero attached hydrogens (tertiary/aromatic N) is 1. The molecule has 0 spiro atoms. The van der Waals surface area contributed by atoms with Crippen molar-refractivity contribution in [1.82, 2.24) is 10.3 Å². The van der Waals surface area contributed by atoms with Crippen molar-refractivity contribution in [2.24, 2.45) is 5.84 Å². The number of nitrogens with two attached hydrogens (primary N) is 1. The molecule has 0 unspecified atom stereocenters. The van der Waals surface area contributed by atoms with Crippen LogP contribution < -0.4 is 16.6 Å². The van der Waals surface area contributed by atoms with Crippen molar-refractivity contribution in [3.8, 4) is 0 Å². The smallest absolute Gasteiger partial charge is 0.251 e. The van der Waals surface area contributed by atoms with Crippen LogP contribution in [0, 0.1) is 0 Å². The summed E-state index contributed by atoms with van der Waals surface area (Å²) in [5, 5.41) is 3.10. The number of nitrogen functional groups attached to an aromatic ring is 1. The fourth-order valence-electron chi connectivity index (χ4n) is 2.30. The minimum atomic E-state index is -0.137. The molecule has 5 nitrogen and oxygen atoms in total. The summed E-state index contributed by atoms with van der Waals surface area (Å²) in [4.78, 5) is 16.8. The van der Waals surface area contributed by atoms with Crippen LogP contribution in [-0.2, 0) is 5.41 Å². The van der Waals surface area contributed by atoms with Gasteiger partial charge in [0.15, 0.2) is 0 Å². The van der Waals surface area contributed by atoms with Gasteiger partial charge >= 0.3 is 0 Å². The lowest BCUT2D eigenvalue weighted by Crippen LogP contribution is -2.51. The third kappa shape index (κ3) is 3.10. The summed E-state index contributed by atoms with van der Waals surface area (Å²) in [5.41, 5.74) is 3.79. The Morgan fingerprint density at radius 2 is 2.00 bits per heavy atom. The van der Waals surface area contributed by atoms with Gasteiger partial charge in [0.1, 0.15) is 5.82 Å². The third-order valence-electron chi connectivity index (χ3n) is 3.88. The van der Waals surface area contributed by atoms with Crippen molar-refractivity contribution >= 4 is 11.7 Å². The maximum atomic E-state index is 12.4. The van der Waals surface area contributed by atoms with Crippen LogP contribution in [0.5, 0.6) is 0 Å². The molecule has 1 aromatic rings. The number of hydrogen-bond donors (Lipinski definition) is 3. The molecule has 0 aliphatic heterocycles. The van der Waals surface area contributed by atoms with Crippen LogP contribution in [0.15, 0.2) is 12.1 Å². The van der Waals surface area contributed by atoms with Crippen molar-refractivity contribution in [3.63, 3.8) is 0 Å². The fraction of sp³-hybridized carbons (Fsp3) is 0.600. The lowest BCUT2D eigenvalue weighted by molar-refractivity contribution is 0.0850. The largest absolute Gasteiger partial charge is 0.347 e. The molecule has 1 aliphatic carbocycles. The molecule has 1 aliphatic rings. The zero-order valence-corrected chi connectivity index (χ0v) is 12.7. The molecule has 5 heteroatoms. The van der Waals surface area contributed by atoms with Gasteiger partial charge in [0.05, 0.1) is 0 Å². The highest BCUT2D eigenvalue weighted by molar-refractivity contribution is 5.95. The molecular weight excluding hydrogens is 252 g/mol. The van der Waals surface area contributed by atoms with Crippen LogP contribution in [0.4, 0.5) is 5.82 Å². The highest BCUT2D eigenvalue weighted by Gasteiger charge is 2.33. The van der Waals surface area contributed by atoms with Crippen molar-refractivity contribution < 1.29 is 4.79 Å². The molecule has 110 valence electrons. The van der Waals surface area contributed by atoms with E-state index in [2.05, 4.69) is 43.4 Å². The summed E-state index contributed by atoms with van der Waals surface area (Å²) in [5.74, 6) is 5.91. The molecule has 2 rings (SSSR count). The monoisotopic (exact) mass is 276 g/mol. The average molecular weight is 276 g/mol. The molecule has 20 heavy (non-hydrogen) atoms. The lowest BCUT2D eigenvalue weighted by atomic mass is 9.78. The van der Waals surface area contributed by atoms with Gasteiger partial charge in [0, 0.05) is 22.2 Å². The SMILES string of the molecule is CC1(NC(=O)c2cc(NN)nc(C(C)(C)C)c2)CCC1. The Balaban J connectivity index is 2.28. The molecule has 1 saturated carbocycles. The zero-order chi connectivity index (χ0) is 15.0. The number of nitrogens with one attached hydrogen (secondary N) is 2. The van der Waals surface area contributed by atoms with Crippen molar-refractivity contribution in [1.29, 1.82) is 0 Å². The standard InChI is InChI=1S/C15H24N4O/c1-14(2,3)11-8-10(9-12(17-11)19-16)13(20)18-15(4)6-5-7-15/h8-9H,5-7,16H2,1-4H3,(H,17,19)(H,18,20). The quantitative estimate of drug-likeness (QED) is 0.585. The maximum Gasteiger partial charge on any atom is 0.251 e. The molecule has 0 atom stereocenters. The van der Waals surface area contributed by atoms with Crippen molar-refractivity contribution in [3.05, 3.63) is 23.4 Å². The van der Waals surface area contributed by atoms with Gasteiger partial charge in [-0.15, -0.1) is 0 Å². The Bertz CT molecular complexity index is 515. The van der Waals surface area contributed by atoms with E-state index in [0.717, 1.165) is 18.5 Å². The number of hydrogen-bond acceptors (Lipinski definition) is 4. The first-order valence-corrected chi connectivity index (χ1v) is 7.05. The molecule has 1 heterocycles. The Morgan fingerprint density at radius 1 is 1.35 bits per heavy atom. The molecule has 4 N–H and O–H groups in total. The first-order valence-electron chi connectivity index (χ1n) is 7.05. The first kappa shape index (κ1) is 14.8. The number of rotatable bonds is 3. The van der Waals surface area contributed by atoms with Gasteiger partial charge in [-0.1, -0.05) is 20.8 Å². The number of carbonyl (C=O) groups excluding carboxylic acids is 1. The third-order valence-corrected chi connectivity index (χ3v) is 3.88. The summed E-state index contributed by atoms with van der Waals surface area (Å²) in [6, 6.07) is 3.53. The zero-order valence-electron chi connectivity index (χ0n) is 12.7. The molecule has 0 saturated heterocycles. The summed E-state index contributed by atoms with van der Waals surface area (Å²) < 4.78 is 0. The number of anilines is 1. The van der Waals surface area contributed by atoms with Crippen molar-refractivity contribution in [2.45, 2.75) is 57.9 Å².